The summed E-state index contributed by atoms with van der Waals surface area (Å²) in [4.78, 5) is 7.04. The highest BCUT2D eigenvalue weighted by Gasteiger charge is 2.11. The number of imidazole rings is 1. The van der Waals surface area contributed by atoms with E-state index >= 15 is 0 Å². The number of ether oxygens (including phenoxy) is 1. The van der Waals surface area contributed by atoms with Crippen molar-refractivity contribution in [2.24, 2.45) is 0 Å². The van der Waals surface area contributed by atoms with Gasteiger partial charge in [0, 0.05) is 12.4 Å². The summed E-state index contributed by atoms with van der Waals surface area (Å²) >= 11 is 0. The fourth-order valence-electron chi connectivity index (χ4n) is 2.27. The highest BCUT2D eigenvalue weighted by Crippen LogP contribution is 2.24. The van der Waals surface area contributed by atoms with Gasteiger partial charge in [-0.3, -0.25) is 0 Å². The van der Waals surface area contributed by atoms with Crippen molar-refractivity contribution < 1.29 is 9.84 Å². The van der Waals surface area contributed by atoms with Gasteiger partial charge >= 0.3 is 0 Å². The molecule has 0 amide bonds. The van der Waals surface area contributed by atoms with Crippen LogP contribution in [0.2, 0.25) is 0 Å². The predicted molar refractivity (Wildman–Crippen MR) is 77.2 cm³/mol. The average molecular weight is 268 g/mol. The van der Waals surface area contributed by atoms with Crippen LogP contribution in [0.4, 0.5) is 0 Å². The number of aliphatic hydroxyl groups excluding tert-OH is 1. The molecule has 1 atom stereocenters. The van der Waals surface area contributed by atoms with Gasteiger partial charge in [0.1, 0.15) is 18.5 Å². The fraction of sp³-hybridized carbons (Fsp3) is 0.188. The number of hydrogen-bond acceptors (Lipinski definition) is 3. The van der Waals surface area contributed by atoms with Crippen molar-refractivity contribution in [1.82, 2.24) is 9.97 Å². The number of hydrogen-bond donors (Lipinski definition) is 2. The molecule has 1 unspecified atom stereocenters. The van der Waals surface area contributed by atoms with Crippen LogP contribution in [-0.4, -0.2) is 21.7 Å². The van der Waals surface area contributed by atoms with Crippen LogP contribution < -0.4 is 0 Å². The van der Waals surface area contributed by atoms with Crippen molar-refractivity contribution in [3.63, 3.8) is 0 Å². The minimum Gasteiger partial charge on any atom is -0.386 e. The standard InChI is InChI=1S/C16H16N2O2/c19-15(10-20-11-16-17-8-9-18-16)14-7-3-5-12-4-1-2-6-13(12)14/h1-9,15,19H,10-11H2,(H,17,18). The average Bonchev–Trinajstić information content (AvgIpc) is 3.00. The number of rotatable bonds is 5. The van der Waals surface area contributed by atoms with Gasteiger partial charge in [-0.05, 0) is 16.3 Å². The minimum absolute atomic E-state index is 0.245. The number of nitrogens with one attached hydrogen (secondary N) is 1. The molecule has 4 nitrogen and oxygen atoms in total. The number of nitrogens with zero attached hydrogens (tertiary/aromatic N) is 1. The number of aromatic amines is 1. The Kier molecular flexibility index (Phi) is 3.76. The summed E-state index contributed by atoms with van der Waals surface area (Å²) in [6.07, 6.45) is 2.79. The molecule has 102 valence electrons. The number of benzene rings is 2. The molecule has 0 saturated heterocycles. The van der Waals surface area contributed by atoms with E-state index in [0.29, 0.717) is 6.61 Å². The van der Waals surface area contributed by atoms with Gasteiger partial charge in [-0.25, -0.2) is 4.98 Å². The van der Waals surface area contributed by atoms with Gasteiger partial charge in [0.25, 0.3) is 0 Å². The maximum Gasteiger partial charge on any atom is 0.132 e. The number of fused-ring (bicyclic) bond motifs is 1. The lowest BCUT2D eigenvalue weighted by molar-refractivity contribution is 0.0261. The van der Waals surface area contributed by atoms with Crippen molar-refractivity contribution >= 4 is 10.8 Å². The van der Waals surface area contributed by atoms with E-state index in [1.54, 1.807) is 12.4 Å². The molecule has 4 heteroatoms. The third-order valence-corrected chi connectivity index (χ3v) is 3.25. The topological polar surface area (TPSA) is 58.1 Å². The monoisotopic (exact) mass is 268 g/mol. The zero-order valence-corrected chi connectivity index (χ0v) is 11.0. The Bertz CT molecular complexity index is 675. The van der Waals surface area contributed by atoms with Gasteiger partial charge in [-0.15, -0.1) is 0 Å². The second kappa shape index (κ2) is 5.86. The van der Waals surface area contributed by atoms with Gasteiger partial charge < -0.3 is 14.8 Å². The van der Waals surface area contributed by atoms with Crippen LogP contribution in [0, 0.1) is 0 Å². The molecule has 2 aromatic carbocycles. The predicted octanol–water partition coefficient (Wildman–Crippen LogP) is 2.81. The zero-order chi connectivity index (χ0) is 13.8. The Labute approximate surface area is 117 Å². The first-order valence-corrected chi connectivity index (χ1v) is 6.56. The second-order valence-corrected chi connectivity index (χ2v) is 4.64. The normalized spacial score (nSPS) is 12.7. The first-order chi connectivity index (χ1) is 9.84. The molecule has 1 heterocycles. The lowest BCUT2D eigenvalue weighted by Crippen LogP contribution is -2.08. The summed E-state index contributed by atoms with van der Waals surface area (Å²) < 4.78 is 5.50. The SMILES string of the molecule is OC(COCc1ncc[nH]1)c1cccc2ccccc12. The van der Waals surface area contributed by atoms with Crippen LogP contribution >= 0.6 is 0 Å². The zero-order valence-electron chi connectivity index (χ0n) is 11.0. The number of H-pyrrole nitrogens is 1. The summed E-state index contributed by atoms with van der Waals surface area (Å²) in [6, 6.07) is 13.9. The van der Waals surface area contributed by atoms with E-state index in [1.165, 1.54) is 0 Å². The van der Waals surface area contributed by atoms with E-state index in [9.17, 15) is 5.11 Å². The highest BCUT2D eigenvalue weighted by atomic mass is 16.5. The third-order valence-electron chi connectivity index (χ3n) is 3.25. The quantitative estimate of drug-likeness (QED) is 0.748. The molecule has 2 N–H and O–H groups in total. The van der Waals surface area contributed by atoms with Crippen LogP contribution in [0.25, 0.3) is 10.8 Å². The van der Waals surface area contributed by atoms with Crippen LogP contribution in [0.1, 0.15) is 17.5 Å². The van der Waals surface area contributed by atoms with Crippen LogP contribution in [0.3, 0.4) is 0 Å². The molecule has 0 aliphatic carbocycles. The lowest BCUT2D eigenvalue weighted by atomic mass is 10.0. The van der Waals surface area contributed by atoms with Gasteiger partial charge in [-0.1, -0.05) is 42.5 Å². The molecule has 1 aromatic heterocycles. The Morgan fingerprint density at radius 3 is 2.85 bits per heavy atom. The molecule has 3 aromatic rings. The highest BCUT2D eigenvalue weighted by molar-refractivity contribution is 5.85. The summed E-state index contributed by atoms with van der Waals surface area (Å²) in [5.41, 5.74) is 0.891. The summed E-state index contributed by atoms with van der Waals surface area (Å²) in [6.45, 7) is 0.615. The first kappa shape index (κ1) is 12.8. The number of aliphatic hydroxyl groups is 1. The molecule has 20 heavy (non-hydrogen) atoms. The van der Waals surface area contributed by atoms with E-state index in [4.69, 9.17) is 4.74 Å². The van der Waals surface area contributed by atoms with Crippen molar-refractivity contribution in [3.8, 4) is 0 Å². The van der Waals surface area contributed by atoms with Crippen molar-refractivity contribution in [2.75, 3.05) is 6.61 Å². The Morgan fingerprint density at radius 2 is 2.00 bits per heavy atom. The molecule has 0 radical (unpaired) electrons. The van der Waals surface area contributed by atoms with E-state index in [-0.39, 0.29) is 6.61 Å². The Balaban J connectivity index is 1.70. The summed E-state index contributed by atoms with van der Waals surface area (Å²) in [5, 5.41) is 12.5. The van der Waals surface area contributed by atoms with E-state index in [1.807, 2.05) is 42.5 Å². The summed E-state index contributed by atoms with van der Waals surface area (Å²) in [5.74, 6) is 0.759. The third kappa shape index (κ3) is 2.71. The van der Waals surface area contributed by atoms with Gasteiger partial charge in [0.05, 0.1) is 6.61 Å². The number of aromatic nitrogens is 2. The van der Waals surface area contributed by atoms with Gasteiger partial charge in [0.15, 0.2) is 0 Å². The molecule has 0 spiro atoms. The molecular weight excluding hydrogens is 252 g/mol. The minimum atomic E-state index is -0.643. The first-order valence-electron chi connectivity index (χ1n) is 6.56. The smallest absolute Gasteiger partial charge is 0.132 e. The van der Waals surface area contributed by atoms with E-state index < -0.39 is 6.10 Å². The molecular formula is C16H16N2O2. The molecule has 0 aliphatic heterocycles. The van der Waals surface area contributed by atoms with Gasteiger partial charge in [0.2, 0.25) is 0 Å². The largest absolute Gasteiger partial charge is 0.386 e. The molecule has 0 bridgehead atoms. The molecule has 0 fully saturated rings. The van der Waals surface area contributed by atoms with Crippen LogP contribution in [0.5, 0.6) is 0 Å². The van der Waals surface area contributed by atoms with Crippen LogP contribution in [0.15, 0.2) is 54.9 Å². The summed E-state index contributed by atoms with van der Waals surface area (Å²) in [7, 11) is 0. The van der Waals surface area contributed by atoms with E-state index in [2.05, 4.69) is 9.97 Å². The van der Waals surface area contributed by atoms with Crippen molar-refractivity contribution in [1.29, 1.82) is 0 Å². The fourth-order valence-corrected chi connectivity index (χ4v) is 2.27. The molecule has 0 saturated carbocycles. The van der Waals surface area contributed by atoms with Crippen molar-refractivity contribution in [2.45, 2.75) is 12.7 Å². The van der Waals surface area contributed by atoms with E-state index in [0.717, 1.165) is 22.2 Å². The maximum atomic E-state index is 10.3. The molecule has 3 rings (SSSR count). The Morgan fingerprint density at radius 1 is 1.15 bits per heavy atom. The maximum absolute atomic E-state index is 10.3. The Hall–Kier alpha value is -2.17. The van der Waals surface area contributed by atoms with Gasteiger partial charge in [-0.2, -0.15) is 0 Å². The van der Waals surface area contributed by atoms with Crippen molar-refractivity contribution in [3.05, 3.63) is 66.2 Å². The lowest BCUT2D eigenvalue weighted by Gasteiger charge is -2.13. The molecule has 0 aliphatic rings. The van der Waals surface area contributed by atoms with Crippen LogP contribution in [-0.2, 0) is 11.3 Å². The second-order valence-electron chi connectivity index (χ2n) is 4.64.